The predicted octanol–water partition coefficient (Wildman–Crippen LogP) is 5.28. The molecule has 2 unspecified atom stereocenters. The lowest BCUT2D eigenvalue weighted by Gasteiger charge is -2.11. The molecule has 0 saturated heterocycles. The number of carbonyl (C=O) groups is 2. The molecule has 0 aromatic rings. The SMILES string of the molecule is CCCCCCCCCCCC/C=C/C(C(=O)O)C(C)C(=O)O. The van der Waals surface area contributed by atoms with Crippen molar-refractivity contribution >= 4 is 11.9 Å². The van der Waals surface area contributed by atoms with Crippen molar-refractivity contribution in [2.24, 2.45) is 11.8 Å². The number of unbranched alkanes of at least 4 members (excludes halogenated alkanes) is 10. The molecule has 0 heterocycles. The van der Waals surface area contributed by atoms with Gasteiger partial charge in [-0.05, 0) is 12.8 Å². The highest BCUT2D eigenvalue weighted by Crippen LogP contribution is 2.16. The fourth-order valence-electron chi connectivity index (χ4n) is 2.61. The number of allylic oxidation sites excluding steroid dienone is 1. The minimum absolute atomic E-state index is 0.826. The van der Waals surface area contributed by atoms with Crippen LogP contribution in [-0.4, -0.2) is 22.2 Å². The second-order valence-corrected chi connectivity index (χ2v) is 6.39. The zero-order valence-corrected chi connectivity index (χ0v) is 14.8. The van der Waals surface area contributed by atoms with Crippen LogP contribution in [0.25, 0.3) is 0 Å². The van der Waals surface area contributed by atoms with E-state index in [2.05, 4.69) is 6.92 Å². The lowest BCUT2D eigenvalue weighted by Crippen LogP contribution is -2.25. The van der Waals surface area contributed by atoms with Gasteiger partial charge in [0.2, 0.25) is 0 Å². The van der Waals surface area contributed by atoms with Gasteiger partial charge in [-0.3, -0.25) is 9.59 Å². The molecule has 4 heteroatoms. The van der Waals surface area contributed by atoms with Crippen molar-refractivity contribution in [2.75, 3.05) is 0 Å². The smallest absolute Gasteiger partial charge is 0.311 e. The van der Waals surface area contributed by atoms with Crippen molar-refractivity contribution in [3.63, 3.8) is 0 Å². The van der Waals surface area contributed by atoms with Gasteiger partial charge in [-0.25, -0.2) is 0 Å². The highest BCUT2D eigenvalue weighted by molar-refractivity contribution is 5.81. The molecule has 2 N–H and O–H groups in total. The number of hydrogen-bond donors (Lipinski definition) is 2. The topological polar surface area (TPSA) is 74.6 Å². The van der Waals surface area contributed by atoms with Crippen LogP contribution in [0.1, 0.15) is 84.5 Å². The Morgan fingerprint density at radius 1 is 0.826 bits per heavy atom. The first kappa shape index (κ1) is 21.7. The summed E-state index contributed by atoms with van der Waals surface area (Å²) in [6.45, 7) is 3.67. The summed E-state index contributed by atoms with van der Waals surface area (Å²) in [7, 11) is 0. The van der Waals surface area contributed by atoms with E-state index in [4.69, 9.17) is 10.2 Å². The minimum atomic E-state index is -1.07. The zero-order valence-electron chi connectivity index (χ0n) is 14.8. The molecule has 0 radical (unpaired) electrons. The number of hydrogen-bond acceptors (Lipinski definition) is 2. The molecule has 0 aromatic heterocycles. The molecule has 0 fully saturated rings. The van der Waals surface area contributed by atoms with Crippen LogP contribution in [0.5, 0.6) is 0 Å². The van der Waals surface area contributed by atoms with Gasteiger partial charge in [-0.15, -0.1) is 0 Å². The summed E-state index contributed by atoms with van der Waals surface area (Å²) in [5.74, 6) is -3.97. The monoisotopic (exact) mass is 326 g/mol. The van der Waals surface area contributed by atoms with E-state index in [9.17, 15) is 9.59 Å². The summed E-state index contributed by atoms with van der Waals surface area (Å²) in [4.78, 5) is 21.9. The molecule has 0 aliphatic heterocycles. The lowest BCUT2D eigenvalue weighted by molar-refractivity contribution is -0.151. The molecular weight excluding hydrogens is 292 g/mol. The molecule has 4 nitrogen and oxygen atoms in total. The maximum absolute atomic E-state index is 11.1. The highest BCUT2D eigenvalue weighted by Gasteiger charge is 2.27. The molecule has 2 atom stereocenters. The number of carboxylic acids is 2. The maximum atomic E-state index is 11.1. The average Bonchev–Trinajstić information content (AvgIpc) is 2.51. The Bertz CT molecular complexity index is 349. The molecule has 0 saturated carbocycles. The van der Waals surface area contributed by atoms with Gasteiger partial charge in [-0.1, -0.05) is 83.8 Å². The molecule has 0 aromatic carbocycles. The maximum Gasteiger partial charge on any atom is 0.311 e. The molecule has 0 spiro atoms. The Morgan fingerprint density at radius 3 is 1.74 bits per heavy atom. The van der Waals surface area contributed by atoms with E-state index in [1.165, 1.54) is 64.4 Å². The van der Waals surface area contributed by atoms with Gasteiger partial charge in [-0.2, -0.15) is 0 Å². The van der Waals surface area contributed by atoms with E-state index >= 15 is 0 Å². The van der Waals surface area contributed by atoms with E-state index < -0.39 is 23.8 Å². The molecule has 23 heavy (non-hydrogen) atoms. The Kier molecular flexibility index (Phi) is 13.5. The van der Waals surface area contributed by atoms with Crippen LogP contribution in [0.4, 0.5) is 0 Å². The van der Waals surface area contributed by atoms with Crippen molar-refractivity contribution in [2.45, 2.75) is 84.5 Å². The van der Waals surface area contributed by atoms with Crippen LogP contribution in [0.3, 0.4) is 0 Å². The van der Waals surface area contributed by atoms with E-state index in [1.807, 2.05) is 6.08 Å². The molecule has 134 valence electrons. The first-order chi connectivity index (χ1) is 11.0. The fourth-order valence-corrected chi connectivity index (χ4v) is 2.61. The minimum Gasteiger partial charge on any atom is -0.481 e. The van der Waals surface area contributed by atoms with Gasteiger partial charge in [0.1, 0.15) is 0 Å². The van der Waals surface area contributed by atoms with Crippen LogP contribution in [0.2, 0.25) is 0 Å². The van der Waals surface area contributed by atoms with Crippen LogP contribution < -0.4 is 0 Å². The van der Waals surface area contributed by atoms with Crippen LogP contribution >= 0.6 is 0 Å². The van der Waals surface area contributed by atoms with Gasteiger partial charge in [0.15, 0.2) is 0 Å². The largest absolute Gasteiger partial charge is 0.481 e. The molecule has 0 amide bonds. The Balaban J connectivity index is 3.65. The van der Waals surface area contributed by atoms with Crippen molar-refractivity contribution in [1.82, 2.24) is 0 Å². The number of aliphatic carboxylic acids is 2. The highest BCUT2D eigenvalue weighted by atomic mass is 16.4. The number of carboxylic acid groups (broad SMARTS) is 2. The summed E-state index contributed by atoms with van der Waals surface area (Å²) in [6.07, 6.45) is 16.9. The fraction of sp³-hybridized carbons (Fsp3) is 0.789. The van der Waals surface area contributed by atoms with Crippen molar-refractivity contribution in [3.8, 4) is 0 Å². The molecule has 0 aliphatic rings. The third-order valence-corrected chi connectivity index (χ3v) is 4.28. The van der Waals surface area contributed by atoms with Crippen LogP contribution in [-0.2, 0) is 9.59 Å². The standard InChI is InChI=1S/C19H34O4/c1-3-4-5-6-7-8-9-10-11-12-13-14-15-17(19(22)23)16(2)18(20)21/h14-17H,3-13H2,1-2H3,(H,20,21)(H,22,23)/b15-14+. The zero-order chi connectivity index (χ0) is 17.5. The Morgan fingerprint density at radius 2 is 1.30 bits per heavy atom. The second kappa shape index (κ2) is 14.3. The molecule has 0 aliphatic carbocycles. The van der Waals surface area contributed by atoms with Crippen molar-refractivity contribution < 1.29 is 19.8 Å². The first-order valence-electron chi connectivity index (χ1n) is 9.13. The Labute approximate surface area is 141 Å². The lowest BCUT2D eigenvalue weighted by atomic mass is 9.93. The van der Waals surface area contributed by atoms with E-state index in [0.717, 1.165) is 19.3 Å². The third-order valence-electron chi connectivity index (χ3n) is 4.28. The molecular formula is C19H34O4. The van der Waals surface area contributed by atoms with Crippen LogP contribution in [0.15, 0.2) is 12.2 Å². The summed E-state index contributed by atoms with van der Waals surface area (Å²) in [5, 5.41) is 18.0. The summed E-state index contributed by atoms with van der Waals surface area (Å²) < 4.78 is 0. The quantitative estimate of drug-likeness (QED) is 0.317. The summed E-state index contributed by atoms with van der Waals surface area (Å²) >= 11 is 0. The van der Waals surface area contributed by atoms with Gasteiger partial charge in [0.25, 0.3) is 0 Å². The van der Waals surface area contributed by atoms with Gasteiger partial charge < -0.3 is 10.2 Å². The second-order valence-electron chi connectivity index (χ2n) is 6.39. The van der Waals surface area contributed by atoms with Crippen molar-refractivity contribution in [3.05, 3.63) is 12.2 Å². The summed E-state index contributed by atoms with van der Waals surface area (Å²) in [5.41, 5.74) is 0. The van der Waals surface area contributed by atoms with Crippen molar-refractivity contribution in [1.29, 1.82) is 0 Å². The average molecular weight is 326 g/mol. The normalized spacial score (nSPS) is 14.0. The summed E-state index contributed by atoms with van der Waals surface area (Å²) in [6, 6.07) is 0. The van der Waals surface area contributed by atoms with E-state index in [1.54, 1.807) is 0 Å². The predicted molar refractivity (Wildman–Crippen MR) is 93.5 cm³/mol. The number of rotatable bonds is 15. The van der Waals surface area contributed by atoms with Crippen LogP contribution in [0, 0.1) is 11.8 Å². The van der Waals surface area contributed by atoms with Gasteiger partial charge >= 0.3 is 11.9 Å². The van der Waals surface area contributed by atoms with E-state index in [-0.39, 0.29) is 0 Å². The van der Waals surface area contributed by atoms with Gasteiger partial charge in [0, 0.05) is 0 Å². The molecule has 0 bridgehead atoms. The van der Waals surface area contributed by atoms with Gasteiger partial charge in [0.05, 0.1) is 11.8 Å². The third kappa shape index (κ3) is 11.8. The van der Waals surface area contributed by atoms with E-state index in [0.29, 0.717) is 0 Å². The Hall–Kier alpha value is -1.32. The first-order valence-corrected chi connectivity index (χ1v) is 9.13. The molecule has 0 rings (SSSR count).